The minimum absolute atomic E-state index is 0.290. The summed E-state index contributed by atoms with van der Waals surface area (Å²) in [5.74, 6) is 6.72. The van der Waals surface area contributed by atoms with Crippen molar-refractivity contribution >= 4 is 0 Å². The van der Waals surface area contributed by atoms with Crippen LogP contribution in [0.4, 0.5) is 0 Å². The molecule has 0 aromatic heterocycles. The Morgan fingerprint density at radius 2 is 2.06 bits per heavy atom. The second-order valence-electron chi connectivity index (χ2n) is 3.59. The van der Waals surface area contributed by atoms with Crippen LogP contribution in [-0.4, -0.2) is 12.6 Å². The maximum Gasteiger partial charge on any atom is 0.120 e. The third-order valence-electron chi connectivity index (χ3n) is 2.38. The zero-order valence-electron chi connectivity index (χ0n) is 9.99. The van der Waals surface area contributed by atoms with Crippen molar-refractivity contribution in [3.8, 4) is 17.6 Å². The first-order chi connectivity index (χ1) is 7.80. The van der Waals surface area contributed by atoms with Crippen LogP contribution in [0.25, 0.3) is 0 Å². The molecule has 0 saturated carbocycles. The van der Waals surface area contributed by atoms with Crippen LogP contribution in [0.5, 0.6) is 5.75 Å². The predicted octanol–water partition coefficient (Wildman–Crippen LogP) is 2.56. The van der Waals surface area contributed by atoms with Gasteiger partial charge in [0.1, 0.15) is 5.75 Å². The molecule has 86 valence electrons. The second-order valence-corrected chi connectivity index (χ2v) is 3.59. The molecular weight excluding hydrogens is 198 g/mol. The molecule has 1 aromatic rings. The molecule has 0 bridgehead atoms. The predicted molar refractivity (Wildman–Crippen MR) is 67.4 cm³/mol. The van der Waals surface area contributed by atoms with E-state index >= 15 is 0 Å². The van der Waals surface area contributed by atoms with Crippen molar-refractivity contribution in [2.45, 2.75) is 32.8 Å². The van der Waals surface area contributed by atoms with Crippen LogP contribution in [0, 0.1) is 11.8 Å². The van der Waals surface area contributed by atoms with Gasteiger partial charge in [-0.2, -0.15) is 0 Å². The summed E-state index contributed by atoms with van der Waals surface area (Å²) in [5.41, 5.74) is 6.29. The van der Waals surface area contributed by atoms with Gasteiger partial charge in [0.05, 0.1) is 12.6 Å². The number of ether oxygens (including phenoxy) is 1. The molecule has 0 unspecified atom stereocenters. The van der Waals surface area contributed by atoms with E-state index in [-0.39, 0.29) is 6.10 Å². The van der Waals surface area contributed by atoms with Gasteiger partial charge in [-0.25, -0.2) is 0 Å². The molecule has 0 radical (unpaired) electrons. The first kappa shape index (κ1) is 12.6. The molecule has 0 aliphatic heterocycles. The van der Waals surface area contributed by atoms with Crippen molar-refractivity contribution in [3.05, 3.63) is 29.8 Å². The fourth-order valence-corrected chi connectivity index (χ4v) is 1.45. The van der Waals surface area contributed by atoms with Gasteiger partial charge >= 0.3 is 0 Å². The maximum absolute atomic E-state index is 5.83. The molecule has 0 aliphatic carbocycles. The van der Waals surface area contributed by atoms with Gasteiger partial charge in [-0.1, -0.05) is 31.8 Å². The number of benzene rings is 1. The van der Waals surface area contributed by atoms with E-state index in [0.29, 0.717) is 6.54 Å². The molecule has 0 aliphatic rings. The largest absolute Gasteiger partial charge is 0.490 e. The SMILES string of the molecule is CCC(CC)Oc1cccc(C#CCN)c1. The first-order valence-electron chi connectivity index (χ1n) is 5.75. The van der Waals surface area contributed by atoms with Crippen molar-refractivity contribution in [2.24, 2.45) is 5.73 Å². The van der Waals surface area contributed by atoms with Crippen LogP contribution in [0.2, 0.25) is 0 Å². The Hall–Kier alpha value is -1.46. The third kappa shape index (κ3) is 3.96. The van der Waals surface area contributed by atoms with Crippen LogP contribution >= 0.6 is 0 Å². The maximum atomic E-state index is 5.83. The standard InChI is InChI=1S/C14H19NO/c1-3-13(4-2)16-14-9-5-7-12(11-14)8-6-10-15/h5,7,9,11,13H,3-4,10,15H2,1-2H3. The van der Waals surface area contributed by atoms with Crippen molar-refractivity contribution in [1.29, 1.82) is 0 Å². The molecule has 0 fully saturated rings. The van der Waals surface area contributed by atoms with Gasteiger partial charge < -0.3 is 10.5 Å². The number of hydrogen-bond donors (Lipinski definition) is 1. The van der Waals surface area contributed by atoms with Gasteiger partial charge in [0.15, 0.2) is 0 Å². The lowest BCUT2D eigenvalue weighted by molar-refractivity contribution is 0.193. The Bertz CT molecular complexity index is 372. The minimum atomic E-state index is 0.290. The zero-order valence-corrected chi connectivity index (χ0v) is 9.99. The smallest absolute Gasteiger partial charge is 0.120 e. The molecule has 0 heterocycles. The summed E-state index contributed by atoms with van der Waals surface area (Å²) >= 11 is 0. The second kappa shape index (κ2) is 6.92. The minimum Gasteiger partial charge on any atom is -0.490 e. The fraction of sp³-hybridized carbons (Fsp3) is 0.429. The quantitative estimate of drug-likeness (QED) is 0.787. The van der Waals surface area contributed by atoms with Gasteiger partial charge in [-0.05, 0) is 31.0 Å². The lowest BCUT2D eigenvalue weighted by atomic mass is 10.2. The summed E-state index contributed by atoms with van der Waals surface area (Å²) in [6, 6.07) is 7.84. The average Bonchev–Trinajstić information content (AvgIpc) is 2.34. The molecule has 2 N–H and O–H groups in total. The molecule has 0 amide bonds. The summed E-state index contributed by atoms with van der Waals surface area (Å²) in [7, 11) is 0. The van der Waals surface area contributed by atoms with Crippen LogP contribution in [0.1, 0.15) is 32.3 Å². The molecule has 0 atom stereocenters. The van der Waals surface area contributed by atoms with Crippen molar-refractivity contribution in [3.63, 3.8) is 0 Å². The summed E-state index contributed by atoms with van der Waals surface area (Å²) in [6.45, 7) is 4.65. The van der Waals surface area contributed by atoms with E-state index in [0.717, 1.165) is 24.2 Å². The number of nitrogens with two attached hydrogens (primary N) is 1. The van der Waals surface area contributed by atoms with Crippen LogP contribution in [0.3, 0.4) is 0 Å². The third-order valence-corrected chi connectivity index (χ3v) is 2.38. The van der Waals surface area contributed by atoms with Crippen molar-refractivity contribution in [1.82, 2.24) is 0 Å². The summed E-state index contributed by atoms with van der Waals surface area (Å²) in [4.78, 5) is 0. The van der Waals surface area contributed by atoms with Crippen LogP contribution < -0.4 is 10.5 Å². The van der Waals surface area contributed by atoms with E-state index in [1.165, 1.54) is 0 Å². The highest BCUT2D eigenvalue weighted by molar-refractivity contribution is 5.39. The van der Waals surface area contributed by atoms with E-state index in [2.05, 4.69) is 25.7 Å². The first-order valence-corrected chi connectivity index (χ1v) is 5.75. The van der Waals surface area contributed by atoms with Gasteiger partial charge in [0.2, 0.25) is 0 Å². The van der Waals surface area contributed by atoms with E-state index < -0.39 is 0 Å². The Kier molecular flexibility index (Phi) is 5.45. The fourth-order valence-electron chi connectivity index (χ4n) is 1.45. The monoisotopic (exact) mass is 217 g/mol. The van der Waals surface area contributed by atoms with E-state index in [1.807, 2.05) is 24.3 Å². The highest BCUT2D eigenvalue weighted by Gasteiger charge is 2.04. The average molecular weight is 217 g/mol. The summed E-state index contributed by atoms with van der Waals surface area (Å²) in [5, 5.41) is 0. The summed E-state index contributed by atoms with van der Waals surface area (Å²) < 4.78 is 5.83. The summed E-state index contributed by atoms with van der Waals surface area (Å²) in [6.07, 6.45) is 2.34. The lowest BCUT2D eigenvalue weighted by Crippen LogP contribution is -2.13. The molecule has 16 heavy (non-hydrogen) atoms. The molecule has 1 aromatic carbocycles. The number of hydrogen-bond acceptors (Lipinski definition) is 2. The molecule has 2 heteroatoms. The molecule has 2 nitrogen and oxygen atoms in total. The van der Waals surface area contributed by atoms with Crippen LogP contribution in [0.15, 0.2) is 24.3 Å². The topological polar surface area (TPSA) is 35.2 Å². The van der Waals surface area contributed by atoms with Gasteiger partial charge in [0.25, 0.3) is 0 Å². The van der Waals surface area contributed by atoms with Crippen molar-refractivity contribution < 1.29 is 4.74 Å². The van der Waals surface area contributed by atoms with Crippen LogP contribution in [-0.2, 0) is 0 Å². The van der Waals surface area contributed by atoms with Gasteiger partial charge in [-0.15, -0.1) is 0 Å². The highest BCUT2D eigenvalue weighted by atomic mass is 16.5. The van der Waals surface area contributed by atoms with Gasteiger partial charge in [-0.3, -0.25) is 0 Å². The Balaban J connectivity index is 2.74. The van der Waals surface area contributed by atoms with Gasteiger partial charge in [0, 0.05) is 5.56 Å². The highest BCUT2D eigenvalue weighted by Crippen LogP contribution is 2.16. The lowest BCUT2D eigenvalue weighted by Gasteiger charge is -2.15. The Labute approximate surface area is 97.8 Å². The molecule has 0 saturated heterocycles. The Morgan fingerprint density at radius 3 is 2.69 bits per heavy atom. The molecule has 0 spiro atoms. The van der Waals surface area contributed by atoms with E-state index in [9.17, 15) is 0 Å². The van der Waals surface area contributed by atoms with E-state index in [4.69, 9.17) is 10.5 Å². The molecular formula is C14H19NO. The van der Waals surface area contributed by atoms with E-state index in [1.54, 1.807) is 0 Å². The number of rotatable bonds is 4. The Morgan fingerprint density at radius 1 is 1.31 bits per heavy atom. The normalized spacial score (nSPS) is 9.75. The van der Waals surface area contributed by atoms with Crippen molar-refractivity contribution in [2.75, 3.05) is 6.54 Å². The molecule has 1 rings (SSSR count). The zero-order chi connectivity index (χ0) is 11.8.